The third-order valence-electron chi connectivity index (χ3n) is 4.50. The number of benzene rings is 1. The number of aliphatic imine (C=N–C) groups is 1. The molecule has 3 rings (SSSR count). The summed E-state index contributed by atoms with van der Waals surface area (Å²) < 4.78 is 37.9. The summed E-state index contributed by atoms with van der Waals surface area (Å²) in [6.07, 6.45) is 3.38. The van der Waals surface area contributed by atoms with Gasteiger partial charge >= 0.3 is 6.61 Å². The standard InChI is InChI=1S/C22H28F2N6O2/c1-3-13-31-17-9-8-16(18(14-17)32-21(23)24)15-27-22(25-4-2)26-11-10-20-29-28-19-7-5-6-12-30(19)20/h5-9,12,14,21H,3-4,10-11,13,15H2,1-2H3,(H2,25,26,27). The van der Waals surface area contributed by atoms with Crippen molar-refractivity contribution in [1.82, 2.24) is 25.2 Å². The molecule has 2 heterocycles. The Morgan fingerprint density at radius 1 is 1.16 bits per heavy atom. The van der Waals surface area contributed by atoms with Gasteiger partial charge in [0.1, 0.15) is 17.3 Å². The van der Waals surface area contributed by atoms with Gasteiger partial charge in [-0.1, -0.05) is 13.0 Å². The van der Waals surface area contributed by atoms with Crippen molar-refractivity contribution in [1.29, 1.82) is 0 Å². The van der Waals surface area contributed by atoms with E-state index < -0.39 is 6.61 Å². The van der Waals surface area contributed by atoms with Crippen LogP contribution in [0.5, 0.6) is 11.5 Å². The molecule has 0 radical (unpaired) electrons. The fraction of sp³-hybridized carbons (Fsp3) is 0.409. The average molecular weight is 447 g/mol. The Labute approximate surface area is 185 Å². The van der Waals surface area contributed by atoms with E-state index in [1.54, 1.807) is 12.1 Å². The van der Waals surface area contributed by atoms with Crippen LogP contribution in [0, 0.1) is 0 Å². The predicted molar refractivity (Wildman–Crippen MR) is 118 cm³/mol. The Hall–Kier alpha value is -3.43. The summed E-state index contributed by atoms with van der Waals surface area (Å²) in [5.74, 6) is 1.94. The van der Waals surface area contributed by atoms with Crippen LogP contribution in [0.3, 0.4) is 0 Å². The summed E-state index contributed by atoms with van der Waals surface area (Å²) in [5, 5.41) is 14.7. The van der Waals surface area contributed by atoms with Crippen LogP contribution in [-0.4, -0.2) is 46.9 Å². The lowest BCUT2D eigenvalue weighted by Gasteiger charge is -2.14. The molecular formula is C22H28F2N6O2. The number of alkyl halides is 2. The summed E-state index contributed by atoms with van der Waals surface area (Å²) in [4.78, 5) is 4.51. The second-order valence-electron chi connectivity index (χ2n) is 6.91. The molecule has 0 fully saturated rings. The maximum atomic E-state index is 12.9. The van der Waals surface area contributed by atoms with E-state index in [4.69, 9.17) is 4.74 Å². The Morgan fingerprint density at radius 2 is 2.03 bits per heavy atom. The lowest BCUT2D eigenvalue weighted by molar-refractivity contribution is -0.0505. The van der Waals surface area contributed by atoms with E-state index in [0.29, 0.717) is 43.4 Å². The monoisotopic (exact) mass is 446 g/mol. The van der Waals surface area contributed by atoms with Gasteiger partial charge < -0.3 is 20.1 Å². The molecule has 2 N–H and O–H groups in total. The maximum absolute atomic E-state index is 12.9. The van der Waals surface area contributed by atoms with Crippen LogP contribution in [0.1, 0.15) is 31.7 Å². The minimum Gasteiger partial charge on any atom is -0.493 e. The van der Waals surface area contributed by atoms with E-state index in [2.05, 4.69) is 30.6 Å². The van der Waals surface area contributed by atoms with Gasteiger partial charge in [-0.2, -0.15) is 8.78 Å². The first-order valence-electron chi connectivity index (χ1n) is 10.6. The Kier molecular flexibility index (Phi) is 8.59. The van der Waals surface area contributed by atoms with Crippen molar-refractivity contribution < 1.29 is 18.3 Å². The van der Waals surface area contributed by atoms with Crippen molar-refractivity contribution in [2.75, 3.05) is 19.7 Å². The highest BCUT2D eigenvalue weighted by atomic mass is 19.3. The van der Waals surface area contributed by atoms with Gasteiger partial charge in [-0.3, -0.25) is 4.40 Å². The molecule has 1 aromatic carbocycles. The molecule has 2 aromatic heterocycles. The summed E-state index contributed by atoms with van der Waals surface area (Å²) in [7, 11) is 0. The summed E-state index contributed by atoms with van der Waals surface area (Å²) in [6, 6.07) is 10.6. The van der Waals surface area contributed by atoms with Crippen molar-refractivity contribution >= 4 is 11.6 Å². The van der Waals surface area contributed by atoms with Crippen LogP contribution in [0.15, 0.2) is 47.6 Å². The van der Waals surface area contributed by atoms with E-state index in [9.17, 15) is 8.78 Å². The normalized spacial score (nSPS) is 11.7. The van der Waals surface area contributed by atoms with Gasteiger partial charge in [0.2, 0.25) is 0 Å². The number of nitrogens with zero attached hydrogens (tertiary/aromatic N) is 4. The van der Waals surface area contributed by atoms with Gasteiger partial charge in [0.05, 0.1) is 13.2 Å². The molecule has 3 aromatic rings. The molecule has 0 atom stereocenters. The van der Waals surface area contributed by atoms with E-state index in [1.807, 2.05) is 42.6 Å². The van der Waals surface area contributed by atoms with Crippen LogP contribution in [-0.2, 0) is 13.0 Å². The molecule has 172 valence electrons. The van der Waals surface area contributed by atoms with Gasteiger partial charge in [0, 0.05) is 37.3 Å². The quantitative estimate of drug-likeness (QED) is 0.347. The molecule has 0 unspecified atom stereocenters. The number of rotatable bonds is 11. The topological polar surface area (TPSA) is 85.1 Å². The molecule has 8 nitrogen and oxygen atoms in total. The van der Waals surface area contributed by atoms with Crippen LogP contribution < -0.4 is 20.1 Å². The first-order chi connectivity index (χ1) is 15.6. The molecule has 0 aliphatic heterocycles. The van der Waals surface area contributed by atoms with Gasteiger partial charge in [0.15, 0.2) is 11.6 Å². The number of aromatic nitrogens is 3. The number of halogens is 2. The number of ether oxygens (including phenoxy) is 2. The first-order valence-corrected chi connectivity index (χ1v) is 10.6. The second kappa shape index (κ2) is 11.8. The minimum absolute atomic E-state index is 0.0585. The number of guanidine groups is 1. The lowest BCUT2D eigenvalue weighted by atomic mass is 10.2. The van der Waals surface area contributed by atoms with Crippen LogP contribution >= 0.6 is 0 Å². The van der Waals surface area contributed by atoms with E-state index in [-0.39, 0.29) is 12.3 Å². The molecule has 0 amide bonds. The van der Waals surface area contributed by atoms with E-state index in [1.165, 1.54) is 6.07 Å². The predicted octanol–water partition coefficient (Wildman–Crippen LogP) is 3.42. The van der Waals surface area contributed by atoms with Gasteiger partial charge in [0.25, 0.3) is 0 Å². The SMILES string of the molecule is CCCOc1ccc(CN=C(NCC)NCCc2nnc3ccccn23)c(OC(F)F)c1. The molecular weight excluding hydrogens is 418 g/mol. The number of nitrogens with one attached hydrogen (secondary N) is 2. The number of fused-ring (bicyclic) bond motifs is 1. The zero-order valence-electron chi connectivity index (χ0n) is 18.2. The Morgan fingerprint density at radius 3 is 2.81 bits per heavy atom. The summed E-state index contributed by atoms with van der Waals surface area (Å²) in [5.41, 5.74) is 1.33. The van der Waals surface area contributed by atoms with Gasteiger partial charge in [-0.15, -0.1) is 10.2 Å². The Balaban J connectivity index is 1.65. The molecule has 0 spiro atoms. The third kappa shape index (κ3) is 6.53. The molecule has 0 aliphatic carbocycles. The molecule has 0 saturated heterocycles. The van der Waals surface area contributed by atoms with Crippen molar-refractivity contribution in [3.63, 3.8) is 0 Å². The maximum Gasteiger partial charge on any atom is 0.387 e. The van der Waals surface area contributed by atoms with Crippen molar-refractivity contribution in [3.8, 4) is 11.5 Å². The van der Waals surface area contributed by atoms with Crippen LogP contribution in [0.2, 0.25) is 0 Å². The Bertz CT molecular complexity index is 1020. The molecule has 0 aliphatic rings. The highest BCUT2D eigenvalue weighted by Gasteiger charge is 2.12. The van der Waals surface area contributed by atoms with E-state index in [0.717, 1.165) is 17.9 Å². The number of pyridine rings is 1. The second-order valence-corrected chi connectivity index (χ2v) is 6.91. The van der Waals surface area contributed by atoms with Crippen molar-refractivity contribution in [3.05, 3.63) is 54.0 Å². The highest BCUT2D eigenvalue weighted by molar-refractivity contribution is 5.79. The first kappa shape index (κ1) is 23.2. The molecule has 32 heavy (non-hydrogen) atoms. The molecule has 10 heteroatoms. The zero-order valence-corrected chi connectivity index (χ0v) is 18.2. The fourth-order valence-corrected chi connectivity index (χ4v) is 3.04. The van der Waals surface area contributed by atoms with Crippen LogP contribution in [0.4, 0.5) is 8.78 Å². The van der Waals surface area contributed by atoms with Crippen molar-refractivity contribution in [2.24, 2.45) is 4.99 Å². The molecule has 0 saturated carbocycles. The summed E-state index contributed by atoms with van der Waals surface area (Å²) >= 11 is 0. The summed E-state index contributed by atoms with van der Waals surface area (Å²) in [6.45, 7) is 2.90. The third-order valence-corrected chi connectivity index (χ3v) is 4.50. The van der Waals surface area contributed by atoms with Crippen LogP contribution in [0.25, 0.3) is 5.65 Å². The smallest absolute Gasteiger partial charge is 0.387 e. The average Bonchev–Trinajstić information content (AvgIpc) is 3.19. The van der Waals surface area contributed by atoms with Gasteiger partial charge in [-0.05, 0) is 37.6 Å². The minimum atomic E-state index is -2.93. The highest BCUT2D eigenvalue weighted by Crippen LogP contribution is 2.27. The fourth-order valence-electron chi connectivity index (χ4n) is 3.04. The lowest BCUT2D eigenvalue weighted by Crippen LogP contribution is -2.38. The van der Waals surface area contributed by atoms with E-state index >= 15 is 0 Å². The zero-order chi connectivity index (χ0) is 22.8. The van der Waals surface area contributed by atoms with Gasteiger partial charge in [-0.25, -0.2) is 4.99 Å². The molecule has 0 bridgehead atoms. The number of hydrogen-bond donors (Lipinski definition) is 2. The largest absolute Gasteiger partial charge is 0.493 e. The number of hydrogen-bond acceptors (Lipinski definition) is 5. The van der Waals surface area contributed by atoms with Crippen molar-refractivity contribution in [2.45, 2.75) is 39.8 Å².